The van der Waals surface area contributed by atoms with Crippen molar-refractivity contribution in [3.05, 3.63) is 32.6 Å². The van der Waals surface area contributed by atoms with Crippen LogP contribution in [-0.4, -0.2) is 28.8 Å². The van der Waals surface area contributed by atoms with E-state index in [0.717, 1.165) is 9.26 Å². The Labute approximate surface area is 141 Å². The summed E-state index contributed by atoms with van der Waals surface area (Å²) in [4.78, 5) is 8.73. The Bertz CT molecular complexity index is 652. The van der Waals surface area contributed by atoms with Crippen LogP contribution in [0.2, 0.25) is 5.15 Å². The second-order valence-corrected chi connectivity index (χ2v) is 5.58. The first kappa shape index (κ1) is 16.3. The molecule has 1 aromatic carbocycles. The Kier molecular flexibility index (Phi) is 5.60. The van der Waals surface area contributed by atoms with Crippen molar-refractivity contribution in [2.45, 2.75) is 13.5 Å². The van der Waals surface area contributed by atoms with E-state index in [9.17, 15) is 5.11 Å². The fraction of sp³-hybridized carbons (Fsp3) is 0.286. The number of aromatic nitrogens is 2. The van der Waals surface area contributed by atoms with Crippen LogP contribution in [0.3, 0.4) is 0 Å². The van der Waals surface area contributed by atoms with Gasteiger partial charge in [0.1, 0.15) is 5.15 Å². The molecule has 1 heterocycles. The predicted octanol–water partition coefficient (Wildman–Crippen LogP) is 3.65. The third-order valence-corrected chi connectivity index (χ3v) is 4.40. The molecule has 0 aliphatic carbocycles. The van der Waals surface area contributed by atoms with Crippen LogP contribution in [-0.2, 0) is 11.3 Å². The summed E-state index contributed by atoms with van der Waals surface area (Å²) >= 11 is 8.23. The van der Waals surface area contributed by atoms with E-state index in [0.29, 0.717) is 35.5 Å². The van der Waals surface area contributed by atoms with Crippen molar-refractivity contribution in [3.8, 4) is 22.9 Å². The fourth-order valence-electron chi connectivity index (χ4n) is 1.75. The van der Waals surface area contributed by atoms with Gasteiger partial charge in [0.15, 0.2) is 17.3 Å². The highest BCUT2D eigenvalue weighted by molar-refractivity contribution is 14.1. The highest BCUT2D eigenvalue weighted by Gasteiger charge is 2.13. The van der Waals surface area contributed by atoms with Crippen molar-refractivity contribution in [2.24, 2.45) is 0 Å². The normalized spacial score (nSPS) is 10.7. The maximum Gasteiger partial charge on any atom is 0.161 e. The Hall–Kier alpha value is -1.12. The molecule has 0 radical (unpaired) electrons. The molecule has 0 spiro atoms. The van der Waals surface area contributed by atoms with E-state index in [4.69, 9.17) is 21.1 Å². The first-order valence-corrected chi connectivity index (χ1v) is 7.69. The fourth-order valence-corrected chi connectivity index (χ4v) is 2.33. The van der Waals surface area contributed by atoms with E-state index in [1.807, 2.05) is 6.92 Å². The summed E-state index contributed by atoms with van der Waals surface area (Å²) in [5.74, 6) is 0.935. The van der Waals surface area contributed by atoms with Crippen molar-refractivity contribution in [3.63, 3.8) is 0 Å². The molecule has 0 amide bonds. The maximum atomic E-state index is 9.74. The highest BCUT2D eigenvalue weighted by atomic mass is 127. The van der Waals surface area contributed by atoms with Gasteiger partial charge in [-0.3, -0.25) is 0 Å². The second-order valence-electron chi connectivity index (χ2n) is 4.15. The Morgan fingerprint density at radius 2 is 2.10 bits per heavy atom. The van der Waals surface area contributed by atoms with Gasteiger partial charge in [-0.1, -0.05) is 11.6 Å². The standard InChI is InChI=1S/C14H14ClIN2O3/c1-3-21-11-6-8(4-5-10(11)19)14-17-9(7-20-2)12(16)13(15)18-14/h4-6,19H,3,7H2,1-2H3. The molecule has 0 bridgehead atoms. The van der Waals surface area contributed by atoms with Crippen molar-refractivity contribution < 1.29 is 14.6 Å². The number of phenolic OH excluding ortho intramolecular Hbond substituents is 1. The number of aromatic hydroxyl groups is 1. The van der Waals surface area contributed by atoms with Gasteiger partial charge in [0, 0.05) is 12.7 Å². The number of hydrogen-bond acceptors (Lipinski definition) is 5. The molecule has 0 atom stereocenters. The Morgan fingerprint density at radius 3 is 2.76 bits per heavy atom. The first-order valence-electron chi connectivity index (χ1n) is 6.23. The Morgan fingerprint density at radius 1 is 1.33 bits per heavy atom. The zero-order valence-corrected chi connectivity index (χ0v) is 14.5. The van der Waals surface area contributed by atoms with Gasteiger partial charge in [0.25, 0.3) is 0 Å². The van der Waals surface area contributed by atoms with Gasteiger partial charge in [-0.15, -0.1) is 0 Å². The van der Waals surface area contributed by atoms with Gasteiger partial charge >= 0.3 is 0 Å². The lowest BCUT2D eigenvalue weighted by Crippen LogP contribution is -2.02. The van der Waals surface area contributed by atoms with Crippen LogP contribution in [0, 0.1) is 3.57 Å². The molecular weight excluding hydrogens is 407 g/mol. The summed E-state index contributed by atoms with van der Waals surface area (Å²) < 4.78 is 11.3. The number of rotatable bonds is 5. The molecule has 112 valence electrons. The molecule has 0 unspecified atom stereocenters. The SMILES string of the molecule is CCOc1cc(-c2nc(Cl)c(I)c(COC)n2)ccc1O. The molecule has 2 aromatic rings. The largest absolute Gasteiger partial charge is 0.504 e. The number of methoxy groups -OCH3 is 1. The molecule has 0 fully saturated rings. The molecule has 7 heteroatoms. The van der Waals surface area contributed by atoms with Crippen LogP contribution in [0.4, 0.5) is 0 Å². The summed E-state index contributed by atoms with van der Waals surface area (Å²) in [7, 11) is 1.60. The maximum absolute atomic E-state index is 9.74. The van der Waals surface area contributed by atoms with E-state index in [2.05, 4.69) is 32.6 Å². The minimum absolute atomic E-state index is 0.0781. The lowest BCUT2D eigenvalue weighted by atomic mass is 10.2. The van der Waals surface area contributed by atoms with E-state index in [1.54, 1.807) is 25.3 Å². The van der Waals surface area contributed by atoms with Crippen molar-refractivity contribution >= 4 is 34.2 Å². The summed E-state index contributed by atoms with van der Waals surface area (Å²) in [6.07, 6.45) is 0. The van der Waals surface area contributed by atoms with Crippen molar-refractivity contribution in [2.75, 3.05) is 13.7 Å². The van der Waals surface area contributed by atoms with Crippen molar-refractivity contribution in [1.82, 2.24) is 9.97 Å². The van der Waals surface area contributed by atoms with Crippen LogP contribution in [0.5, 0.6) is 11.5 Å². The van der Waals surface area contributed by atoms with Crippen LogP contribution in [0.25, 0.3) is 11.4 Å². The summed E-state index contributed by atoms with van der Waals surface area (Å²) in [5.41, 5.74) is 1.44. The van der Waals surface area contributed by atoms with E-state index >= 15 is 0 Å². The molecule has 0 aliphatic rings. The van der Waals surface area contributed by atoms with E-state index < -0.39 is 0 Å². The smallest absolute Gasteiger partial charge is 0.161 e. The summed E-state index contributed by atoms with van der Waals surface area (Å²) in [6, 6.07) is 4.95. The number of hydrogen-bond donors (Lipinski definition) is 1. The molecule has 5 nitrogen and oxygen atoms in total. The van der Waals surface area contributed by atoms with Gasteiger partial charge < -0.3 is 14.6 Å². The average Bonchev–Trinajstić information content (AvgIpc) is 2.46. The molecule has 0 saturated heterocycles. The summed E-state index contributed by atoms with van der Waals surface area (Å²) in [5, 5.41) is 10.1. The number of ether oxygens (including phenoxy) is 2. The van der Waals surface area contributed by atoms with Gasteiger partial charge in [-0.2, -0.15) is 0 Å². The number of benzene rings is 1. The number of nitrogens with zero attached hydrogens (tertiary/aromatic N) is 2. The van der Waals surface area contributed by atoms with E-state index in [-0.39, 0.29) is 5.75 Å². The van der Waals surface area contributed by atoms with Crippen LogP contribution >= 0.6 is 34.2 Å². The van der Waals surface area contributed by atoms with Crippen LogP contribution < -0.4 is 4.74 Å². The molecule has 21 heavy (non-hydrogen) atoms. The monoisotopic (exact) mass is 420 g/mol. The third-order valence-electron chi connectivity index (χ3n) is 2.68. The van der Waals surface area contributed by atoms with Crippen LogP contribution in [0.1, 0.15) is 12.6 Å². The van der Waals surface area contributed by atoms with Gasteiger partial charge in [-0.05, 0) is 47.7 Å². The minimum Gasteiger partial charge on any atom is -0.504 e. The number of halogens is 2. The minimum atomic E-state index is 0.0781. The lowest BCUT2D eigenvalue weighted by molar-refractivity contribution is 0.181. The molecule has 1 aromatic heterocycles. The average molecular weight is 421 g/mol. The lowest BCUT2D eigenvalue weighted by Gasteiger charge is -2.10. The molecule has 0 saturated carbocycles. The second kappa shape index (κ2) is 7.24. The third kappa shape index (κ3) is 3.75. The molecular formula is C14H14ClIN2O3. The van der Waals surface area contributed by atoms with Gasteiger partial charge in [0.05, 0.1) is 22.5 Å². The molecule has 0 aliphatic heterocycles. The molecule has 1 N–H and O–H groups in total. The van der Waals surface area contributed by atoms with Gasteiger partial charge in [-0.25, -0.2) is 9.97 Å². The first-order chi connectivity index (χ1) is 10.1. The quantitative estimate of drug-likeness (QED) is 0.591. The highest BCUT2D eigenvalue weighted by Crippen LogP contribution is 2.32. The molecule has 2 rings (SSSR count). The topological polar surface area (TPSA) is 64.5 Å². The zero-order chi connectivity index (χ0) is 15.4. The predicted molar refractivity (Wildman–Crippen MR) is 88.7 cm³/mol. The number of phenols is 1. The van der Waals surface area contributed by atoms with E-state index in [1.165, 1.54) is 0 Å². The Balaban J connectivity index is 2.48. The van der Waals surface area contributed by atoms with Crippen molar-refractivity contribution in [1.29, 1.82) is 0 Å². The zero-order valence-electron chi connectivity index (χ0n) is 11.6. The summed E-state index contributed by atoms with van der Waals surface area (Å²) in [6.45, 7) is 2.66. The van der Waals surface area contributed by atoms with Crippen LogP contribution in [0.15, 0.2) is 18.2 Å². The van der Waals surface area contributed by atoms with Gasteiger partial charge in [0.2, 0.25) is 0 Å².